The van der Waals surface area contributed by atoms with Gasteiger partial charge in [0.05, 0.1) is 27.0 Å². The van der Waals surface area contributed by atoms with Crippen molar-refractivity contribution in [3.05, 3.63) is 70.7 Å². The Balaban J connectivity index is 1.68. The summed E-state index contributed by atoms with van der Waals surface area (Å²) in [5, 5.41) is 9.20. The lowest BCUT2D eigenvalue weighted by molar-refractivity contribution is 0.415. The number of hydrogen-bond donors (Lipinski definition) is 0. The van der Waals surface area contributed by atoms with Crippen molar-refractivity contribution in [3.63, 3.8) is 0 Å². The zero-order valence-electron chi connectivity index (χ0n) is 14.9. The van der Waals surface area contributed by atoms with Gasteiger partial charge in [-0.3, -0.25) is 0 Å². The predicted molar refractivity (Wildman–Crippen MR) is 100 cm³/mol. The average Bonchev–Trinajstić information content (AvgIpc) is 3.16. The van der Waals surface area contributed by atoms with Crippen molar-refractivity contribution in [2.24, 2.45) is 0 Å². The summed E-state index contributed by atoms with van der Waals surface area (Å²) in [6.07, 6.45) is 1.84. The van der Waals surface area contributed by atoms with Crippen LogP contribution in [0.3, 0.4) is 0 Å². The van der Waals surface area contributed by atoms with Crippen LogP contribution in [0.4, 0.5) is 0 Å². The summed E-state index contributed by atoms with van der Waals surface area (Å²) >= 11 is 0. The van der Waals surface area contributed by atoms with Crippen LogP contribution in [0, 0.1) is 0 Å². The fourth-order valence-corrected chi connectivity index (χ4v) is 2.91. The van der Waals surface area contributed by atoms with Crippen LogP contribution in [-0.2, 0) is 6.54 Å². The fourth-order valence-electron chi connectivity index (χ4n) is 2.91. The zero-order valence-corrected chi connectivity index (χ0v) is 14.9. The molecule has 0 bridgehead atoms. The highest BCUT2D eigenvalue weighted by Crippen LogP contribution is 2.24. The standard InChI is InChI=1S/C20H17N3O4/c1-25-15-5-3-13(4-6-15)18-12-23(22-21-18)11-14-9-20(24)27-19-8-7-16(26-2)10-17(14)19/h3-10,12H,11H2,1-2H3. The normalized spacial score (nSPS) is 10.9. The lowest BCUT2D eigenvalue weighted by Crippen LogP contribution is -2.06. The van der Waals surface area contributed by atoms with Gasteiger partial charge in [0.25, 0.3) is 0 Å². The Morgan fingerprint density at radius 3 is 2.48 bits per heavy atom. The van der Waals surface area contributed by atoms with Gasteiger partial charge in [0.2, 0.25) is 0 Å². The molecule has 0 unspecified atom stereocenters. The minimum absolute atomic E-state index is 0.387. The molecule has 0 radical (unpaired) electrons. The van der Waals surface area contributed by atoms with E-state index in [1.54, 1.807) is 31.0 Å². The van der Waals surface area contributed by atoms with Crippen LogP contribution >= 0.6 is 0 Å². The fraction of sp³-hybridized carbons (Fsp3) is 0.150. The molecule has 7 heteroatoms. The SMILES string of the molecule is COc1ccc(-c2cn(Cc3cc(=O)oc4ccc(OC)cc34)nn2)cc1. The maximum atomic E-state index is 11.9. The molecule has 0 amide bonds. The van der Waals surface area contributed by atoms with E-state index in [0.717, 1.165) is 28.0 Å². The second-order valence-electron chi connectivity index (χ2n) is 5.98. The van der Waals surface area contributed by atoms with E-state index in [9.17, 15) is 4.79 Å². The molecule has 0 fully saturated rings. The average molecular weight is 363 g/mol. The van der Waals surface area contributed by atoms with Gasteiger partial charge in [-0.15, -0.1) is 5.10 Å². The Labute approximate surface area is 154 Å². The summed E-state index contributed by atoms with van der Waals surface area (Å²) in [7, 11) is 3.22. The van der Waals surface area contributed by atoms with E-state index >= 15 is 0 Å². The van der Waals surface area contributed by atoms with Crippen molar-refractivity contribution in [1.29, 1.82) is 0 Å². The van der Waals surface area contributed by atoms with Gasteiger partial charge in [0.1, 0.15) is 22.8 Å². The molecule has 2 heterocycles. The third-order valence-corrected chi connectivity index (χ3v) is 4.29. The van der Waals surface area contributed by atoms with E-state index < -0.39 is 5.63 Å². The summed E-state index contributed by atoms with van der Waals surface area (Å²) in [4.78, 5) is 11.9. The number of hydrogen-bond acceptors (Lipinski definition) is 6. The van der Waals surface area contributed by atoms with Crippen molar-refractivity contribution in [2.75, 3.05) is 14.2 Å². The molecule has 4 rings (SSSR count). The second-order valence-corrected chi connectivity index (χ2v) is 5.98. The smallest absolute Gasteiger partial charge is 0.336 e. The van der Waals surface area contributed by atoms with E-state index in [4.69, 9.17) is 13.9 Å². The maximum Gasteiger partial charge on any atom is 0.336 e. The van der Waals surface area contributed by atoms with Crippen molar-refractivity contribution < 1.29 is 13.9 Å². The quantitative estimate of drug-likeness (QED) is 0.507. The summed E-state index contributed by atoms with van der Waals surface area (Å²) in [6, 6.07) is 14.4. The molecule has 0 spiro atoms. The van der Waals surface area contributed by atoms with Crippen LogP contribution in [0.1, 0.15) is 5.56 Å². The van der Waals surface area contributed by atoms with E-state index in [0.29, 0.717) is 17.9 Å². The highest BCUT2D eigenvalue weighted by atomic mass is 16.5. The first-order chi connectivity index (χ1) is 13.2. The molecule has 0 aliphatic heterocycles. The molecule has 0 N–H and O–H groups in total. The summed E-state index contributed by atoms with van der Waals surface area (Å²) < 4.78 is 17.4. The molecule has 136 valence electrons. The number of methoxy groups -OCH3 is 2. The lowest BCUT2D eigenvalue weighted by atomic mass is 10.1. The monoisotopic (exact) mass is 363 g/mol. The van der Waals surface area contributed by atoms with Crippen LogP contribution < -0.4 is 15.1 Å². The Kier molecular flexibility index (Phi) is 4.33. The number of benzene rings is 2. The topological polar surface area (TPSA) is 79.4 Å². The summed E-state index contributed by atoms with van der Waals surface area (Å²) in [5.74, 6) is 1.47. The number of nitrogens with zero attached hydrogens (tertiary/aromatic N) is 3. The number of aromatic nitrogens is 3. The van der Waals surface area contributed by atoms with Gasteiger partial charge in [0, 0.05) is 17.0 Å². The van der Waals surface area contributed by atoms with Crippen LogP contribution in [-0.4, -0.2) is 29.2 Å². The molecule has 2 aromatic heterocycles. The van der Waals surface area contributed by atoms with Gasteiger partial charge in [-0.05, 0) is 48.0 Å². The summed E-state index contributed by atoms with van der Waals surface area (Å²) in [6.45, 7) is 0.387. The number of ether oxygens (including phenoxy) is 2. The first-order valence-corrected chi connectivity index (χ1v) is 8.31. The molecule has 0 aliphatic carbocycles. The lowest BCUT2D eigenvalue weighted by Gasteiger charge is -2.07. The van der Waals surface area contributed by atoms with Crippen molar-refractivity contribution in [2.45, 2.75) is 6.54 Å². The molecule has 0 saturated carbocycles. The van der Waals surface area contributed by atoms with E-state index in [2.05, 4.69) is 10.3 Å². The molecule has 0 saturated heterocycles. The molecule has 2 aromatic carbocycles. The third kappa shape index (κ3) is 3.39. The maximum absolute atomic E-state index is 11.9. The minimum atomic E-state index is -0.404. The highest BCUT2D eigenvalue weighted by Gasteiger charge is 2.10. The second kappa shape index (κ2) is 6.95. The van der Waals surface area contributed by atoms with Crippen LogP contribution in [0.15, 0.2) is 63.9 Å². The van der Waals surface area contributed by atoms with E-state index in [1.165, 1.54) is 6.07 Å². The van der Waals surface area contributed by atoms with Gasteiger partial charge in [-0.1, -0.05) is 5.21 Å². The van der Waals surface area contributed by atoms with Gasteiger partial charge < -0.3 is 13.9 Å². The summed E-state index contributed by atoms with van der Waals surface area (Å²) in [5.41, 5.74) is 2.56. The van der Waals surface area contributed by atoms with Gasteiger partial charge >= 0.3 is 5.63 Å². The Hall–Kier alpha value is -3.61. The molecule has 0 atom stereocenters. The molecule has 4 aromatic rings. The minimum Gasteiger partial charge on any atom is -0.497 e. The van der Waals surface area contributed by atoms with Crippen LogP contribution in [0.5, 0.6) is 11.5 Å². The Morgan fingerprint density at radius 1 is 1.00 bits per heavy atom. The molecular formula is C20H17N3O4. The van der Waals surface area contributed by atoms with Gasteiger partial charge in [-0.25, -0.2) is 9.48 Å². The van der Waals surface area contributed by atoms with Crippen molar-refractivity contribution in [3.8, 4) is 22.8 Å². The largest absolute Gasteiger partial charge is 0.497 e. The highest BCUT2D eigenvalue weighted by molar-refractivity contribution is 5.81. The first kappa shape index (κ1) is 16.8. The van der Waals surface area contributed by atoms with Gasteiger partial charge in [-0.2, -0.15) is 0 Å². The van der Waals surface area contributed by atoms with E-state index in [1.807, 2.05) is 36.5 Å². The van der Waals surface area contributed by atoms with Crippen molar-refractivity contribution >= 4 is 11.0 Å². The predicted octanol–water partition coefficient (Wildman–Crippen LogP) is 3.12. The molecule has 7 nitrogen and oxygen atoms in total. The van der Waals surface area contributed by atoms with E-state index in [-0.39, 0.29) is 0 Å². The molecular weight excluding hydrogens is 346 g/mol. The molecule has 0 aliphatic rings. The molecule has 27 heavy (non-hydrogen) atoms. The van der Waals surface area contributed by atoms with Crippen molar-refractivity contribution in [1.82, 2.24) is 15.0 Å². The Morgan fingerprint density at radius 2 is 1.74 bits per heavy atom. The zero-order chi connectivity index (χ0) is 18.8. The Bertz CT molecular complexity index is 1150. The van der Waals surface area contributed by atoms with Crippen LogP contribution in [0.2, 0.25) is 0 Å². The van der Waals surface area contributed by atoms with Gasteiger partial charge in [0.15, 0.2) is 0 Å². The third-order valence-electron chi connectivity index (χ3n) is 4.29. The number of rotatable bonds is 5. The van der Waals surface area contributed by atoms with Crippen LogP contribution in [0.25, 0.3) is 22.2 Å². The number of fused-ring (bicyclic) bond motifs is 1. The first-order valence-electron chi connectivity index (χ1n) is 8.31.